The minimum atomic E-state index is 0.303. The predicted octanol–water partition coefficient (Wildman–Crippen LogP) is 6.05. The minimum Gasteiger partial charge on any atom is -0.497 e. The smallest absolute Gasteiger partial charge is 0.119 e. The molecule has 0 bridgehead atoms. The van der Waals surface area contributed by atoms with Crippen molar-refractivity contribution in [3.05, 3.63) is 90.0 Å². The Morgan fingerprint density at radius 1 is 0.920 bits per heavy atom. The van der Waals surface area contributed by atoms with Gasteiger partial charge in [0.05, 0.1) is 12.8 Å². The summed E-state index contributed by atoms with van der Waals surface area (Å²) in [6.07, 6.45) is 0.885. The zero-order valence-electron chi connectivity index (χ0n) is 14.1. The second kappa shape index (κ2) is 7.16. The van der Waals surface area contributed by atoms with Crippen LogP contribution in [0.2, 0.25) is 0 Å². The van der Waals surface area contributed by atoms with Crippen LogP contribution in [0.25, 0.3) is 0 Å². The molecule has 1 heterocycles. The topological polar surface area (TPSA) is 21.6 Å². The summed E-state index contributed by atoms with van der Waals surface area (Å²) in [6, 6.07) is 27.2. The third-order valence-electron chi connectivity index (χ3n) is 4.34. The van der Waals surface area contributed by atoms with Gasteiger partial charge in [0.15, 0.2) is 0 Å². The summed E-state index contributed by atoms with van der Waals surface area (Å²) in [5, 5.41) is 0.303. The van der Waals surface area contributed by atoms with E-state index in [1.165, 1.54) is 16.0 Å². The van der Waals surface area contributed by atoms with Gasteiger partial charge in [-0.15, -0.1) is 11.8 Å². The van der Waals surface area contributed by atoms with Gasteiger partial charge >= 0.3 is 0 Å². The van der Waals surface area contributed by atoms with E-state index in [-0.39, 0.29) is 0 Å². The molecule has 3 aromatic carbocycles. The number of ether oxygens (including phenoxy) is 1. The molecule has 0 spiro atoms. The van der Waals surface area contributed by atoms with Crippen LogP contribution >= 0.6 is 11.8 Å². The summed E-state index contributed by atoms with van der Waals surface area (Å²) in [4.78, 5) is 6.22. The van der Waals surface area contributed by atoms with Crippen molar-refractivity contribution in [2.45, 2.75) is 16.6 Å². The number of aliphatic imine (C=N–C) groups is 1. The van der Waals surface area contributed by atoms with E-state index in [1.807, 2.05) is 23.9 Å². The van der Waals surface area contributed by atoms with Crippen LogP contribution < -0.4 is 4.74 Å². The monoisotopic (exact) mass is 345 g/mol. The van der Waals surface area contributed by atoms with Crippen molar-refractivity contribution in [2.24, 2.45) is 4.99 Å². The Kier molecular flexibility index (Phi) is 4.57. The van der Waals surface area contributed by atoms with Crippen LogP contribution in [0.3, 0.4) is 0 Å². The van der Waals surface area contributed by atoms with Crippen LogP contribution in [0.1, 0.15) is 22.8 Å². The molecule has 0 aromatic heterocycles. The Labute approximate surface area is 152 Å². The maximum atomic E-state index is 5.42. The molecule has 0 saturated carbocycles. The maximum absolute atomic E-state index is 5.42. The molecular formula is C22H19NOS. The standard InChI is InChI=1S/C22H19NOS/c1-24-18-11-7-10-17(14-18)22-15-20(16-8-3-2-4-9-16)23-19-12-5-6-13-21(19)25-22/h2-14,22H,15H2,1H3/t22-/m1/s1. The van der Waals surface area contributed by atoms with Crippen LogP contribution in [0.4, 0.5) is 5.69 Å². The summed E-state index contributed by atoms with van der Waals surface area (Å²) in [5.41, 5.74) is 4.64. The number of nitrogens with zero attached hydrogens (tertiary/aromatic N) is 1. The first-order valence-corrected chi connectivity index (χ1v) is 9.24. The molecule has 2 nitrogen and oxygen atoms in total. The molecule has 1 aliphatic rings. The molecule has 25 heavy (non-hydrogen) atoms. The van der Waals surface area contributed by atoms with Crippen molar-refractivity contribution in [3.63, 3.8) is 0 Å². The van der Waals surface area contributed by atoms with Crippen molar-refractivity contribution >= 4 is 23.2 Å². The highest BCUT2D eigenvalue weighted by molar-refractivity contribution is 7.99. The van der Waals surface area contributed by atoms with Crippen molar-refractivity contribution in [3.8, 4) is 5.75 Å². The second-order valence-electron chi connectivity index (χ2n) is 5.98. The molecule has 1 atom stereocenters. The van der Waals surface area contributed by atoms with Gasteiger partial charge in [0.2, 0.25) is 0 Å². The van der Waals surface area contributed by atoms with E-state index in [2.05, 4.69) is 66.7 Å². The molecule has 1 aliphatic heterocycles. The normalized spacial score (nSPS) is 16.5. The van der Waals surface area contributed by atoms with Gasteiger partial charge < -0.3 is 4.74 Å². The fraction of sp³-hybridized carbons (Fsp3) is 0.136. The van der Waals surface area contributed by atoms with Gasteiger partial charge in [0.25, 0.3) is 0 Å². The number of methoxy groups -OCH3 is 1. The number of fused-ring (bicyclic) bond motifs is 1. The SMILES string of the molecule is COc1cccc([C@H]2CC(c3ccccc3)=Nc3ccccc3S2)c1. The lowest BCUT2D eigenvalue weighted by Gasteiger charge is -2.17. The number of para-hydroxylation sites is 1. The Bertz CT molecular complexity index is 905. The Hall–Kier alpha value is -2.52. The summed E-state index contributed by atoms with van der Waals surface area (Å²) in [6.45, 7) is 0. The molecular weight excluding hydrogens is 326 g/mol. The van der Waals surface area contributed by atoms with E-state index in [0.29, 0.717) is 5.25 Å². The summed E-state index contributed by atoms with van der Waals surface area (Å²) >= 11 is 1.88. The summed E-state index contributed by atoms with van der Waals surface area (Å²) in [7, 11) is 1.71. The summed E-state index contributed by atoms with van der Waals surface area (Å²) in [5.74, 6) is 0.897. The highest BCUT2D eigenvalue weighted by Gasteiger charge is 2.22. The average Bonchev–Trinajstić information content (AvgIpc) is 2.88. The number of hydrogen-bond acceptors (Lipinski definition) is 3. The van der Waals surface area contributed by atoms with Crippen molar-refractivity contribution < 1.29 is 4.74 Å². The van der Waals surface area contributed by atoms with Crippen LogP contribution in [0.5, 0.6) is 5.75 Å². The summed E-state index contributed by atoms with van der Waals surface area (Å²) < 4.78 is 5.42. The van der Waals surface area contributed by atoms with Crippen molar-refractivity contribution in [2.75, 3.05) is 7.11 Å². The second-order valence-corrected chi connectivity index (χ2v) is 7.22. The van der Waals surface area contributed by atoms with E-state index >= 15 is 0 Å². The first-order chi connectivity index (χ1) is 12.3. The third kappa shape index (κ3) is 3.47. The number of benzene rings is 3. The van der Waals surface area contributed by atoms with Gasteiger partial charge in [0, 0.05) is 22.3 Å². The van der Waals surface area contributed by atoms with E-state index in [4.69, 9.17) is 9.73 Å². The van der Waals surface area contributed by atoms with Crippen LogP contribution in [-0.4, -0.2) is 12.8 Å². The zero-order chi connectivity index (χ0) is 17.1. The quantitative estimate of drug-likeness (QED) is 0.576. The van der Waals surface area contributed by atoms with Gasteiger partial charge in [-0.25, -0.2) is 0 Å². The lowest BCUT2D eigenvalue weighted by molar-refractivity contribution is 0.414. The number of rotatable bonds is 3. The molecule has 0 aliphatic carbocycles. The highest BCUT2D eigenvalue weighted by Crippen LogP contribution is 2.45. The molecule has 0 radical (unpaired) electrons. The molecule has 0 saturated heterocycles. The average molecular weight is 345 g/mol. The fourth-order valence-electron chi connectivity index (χ4n) is 3.05. The van der Waals surface area contributed by atoms with Crippen LogP contribution in [0.15, 0.2) is 88.8 Å². The van der Waals surface area contributed by atoms with E-state index in [1.54, 1.807) is 7.11 Å². The van der Waals surface area contributed by atoms with Gasteiger partial charge in [-0.1, -0.05) is 54.6 Å². The molecule has 4 rings (SSSR count). The van der Waals surface area contributed by atoms with E-state index in [9.17, 15) is 0 Å². The molecule has 124 valence electrons. The maximum Gasteiger partial charge on any atom is 0.119 e. The lowest BCUT2D eigenvalue weighted by Crippen LogP contribution is -2.05. The fourth-order valence-corrected chi connectivity index (χ4v) is 4.27. The first-order valence-electron chi connectivity index (χ1n) is 8.36. The predicted molar refractivity (Wildman–Crippen MR) is 105 cm³/mol. The van der Waals surface area contributed by atoms with Crippen LogP contribution in [0, 0.1) is 0 Å². The largest absolute Gasteiger partial charge is 0.497 e. The van der Waals surface area contributed by atoms with Gasteiger partial charge in [0.1, 0.15) is 5.75 Å². The lowest BCUT2D eigenvalue weighted by atomic mass is 10.0. The molecule has 3 aromatic rings. The van der Waals surface area contributed by atoms with Crippen LogP contribution in [-0.2, 0) is 0 Å². The molecule has 0 fully saturated rings. The number of hydrogen-bond donors (Lipinski definition) is 0. The molecule has 3 heteroatoms. The molecule has 0 unspecified atom stereocenters. The Morgan fingerprint density at radius 3 is 2.56 bits per heavy atom. The third-order valence-corrected chi connectivity index (χ3v) is 5.66. The minimum absolute atomic E-state index is 0.303. The Balaban J connectivity index is 1.79. The van der Waals surface area contributed by atoms with Gasteiger partial charge in [-0.3, -0.25) is 4.99 Å². The zero-order valence-corrected chi connectivity index (χ0v) is 14.9. The van der Waals surface area contributed by atoms with Crippen molar-refractivity contribution in [1.29, 1.82) is 0 Å². The Morgan fingerprint density at radius 2 is 1.72 bits per heavy atom. The van der Waals surface area contributed by atoms with Gasteiger partial charge in [-0.05, 0) is 35.4 Å². The highest BCUT2D eigenvalue weighted by atomic mass is 32.2. The molecule has 0 amide bonds. The molecule has 0 N–H and O–H groups in total. The number of thioether (sulfide) groups is 1. The first kappa shape index (κ1) is 16.0. The van der Waals surface area contributed by atoms with Gasteiger partial charge in [-0.2, -0.15) is 0 Å². The van der Waals surface area contributed by atoms with E-state index < -0.39 is 0 Å². The van der Waals surface area contributed by atoms with Crippen molar-refractivity contribution in [1.82, 2.24) is 0 Å². The van der Waals surface area contributed by atoms with E-state index in [0.717, 1.165) is 23.6 Å².